The molecule has 0 amide bonds. The molecule has 1 aliphatic carbocycles. The molecule has 0 radical (unpaired) electrons. The van der Waals surface area contributed by atoms with Crippen molar-refractivity contribution in [3.63, 3.8) is 0 Å². The van der Waals surface area contributed by atoms with E-state index in [-0.39, 0.29) is 18.2 Å². The Balaban J connectivity index is 1.77. The smallest absolute Gasteiger partial charge is 0.190 e. The van der Waals surface area contributed by atoms with E-state index < -0.39 is 0 Å². The molecule has 1 N–H and O–H groups in total. The molecular weight excluding hydrogens is 324 g/mol. The number of ketones is 2. The molecule has 0 unspecified atom stereocenters. The van der Waals surface area contributed by atoms with E-state index in [1.807, 2.05) is 0 Å². The van der Waals surface area contributed by atoms with Gasteiger partial charge in [0.2, 0.25) is 0 Å². The number of carbonyl (C=O) groups is 2. The van der Waals surface area contributed by atoms with Crippen LogP contribution in [0.1, 0.15) is 72.6 Å². The van der Waals surface area contributed by atoms with Crippen molar-refractivity contribution >= 4 is 11.6 Å². The monoisotopic (exact) mass is 348 g/mol. The summed E-state index contributed by atoms with van der Waals surface area (Å²) < 4.78 is 0. The molecule has 26 heavy (non-hydrogen) atoms. The first-order valence-electron chi connectivity index (χ1n) is 9.07. The molecule has 0 atom stereocenters. The Bertz CT molecular complexity index is 822. The van der Waals surface area contributed by atoms with E-state index in [1.54, 1.807) is 31.2 Å². The highest BCUT2D eigenvalue weighted by molar-refractivity contribution is 6.26. The molecule has 0 bridgehead atoms. The van der Waals surface area contributed by atoms with Crippen LogP contribution in [0.15, 0.2) is 35.4 Å². The average Bonchev–Trinajstić information content (AvgIpc) is 2.66. The van der Waals surface area contributed by atoms with E-state index in [9.17, 15) is 9.59 Å². The molecule has 2 rings (SSSR count). The highest BCUT2D eigenvalue weighted by atomic mass is 16.2. The summed E-state index contributed by atoms with van der Waals surface area (Å²) in [5.74, 6) is 11.7. The number of allylic oxidation sites excluding steroid dienone is 2. The number of aliphatic hydroxyl groups excluding tert-OH is 1. The molecule has 0 aromatic heterocycles. The molecule has 134 valence electrons. The molecule has 1 aliphatic rings. The van der Waals surface area contributed by atoms with Crippen molar-refractivity contribution in [2.75, 3.05) is 6.61 Å². The number of fused-ring (bicyclic) bond motifs is 1. The molecule has 1 aromatic rings. The van der Waals surface area contributed by atoms with E-state index in [0.29, 0.717) is 28.7 Å². The average molecular weight is 348 g/mol. The maximum absolute atomic E-state index is 12.6. The molecule has 0 spiro atoms. The number of hydrogen-bond acceptors (Lipinski definition) is 3. The Morgan fingerprint density at radius 1 is 0.808 bits per heavy atom. The SMILES string of the molecule is CC1=C(CCCCC#CCCCC#CCO)C(=O)c2ccccc2C1=O. The first-order valence-corrected chi connectivity index (χ1v) is 9.07. The summed E-state index contributed by atoms with van der Waals surface area (Å²) >= 11 is 0. The second kappa shape index (κ2) is 10.4. The Labute approximate surface area is 155 Å². The fourth-order valence-corrected chi connectivity index (χ4v) is 2.95. The summed E-state index contributed by atoms with van der Waals surface area (Å²) in [6.07, 6.45) is 5.69. The van der Waals surface area contributed by atoms with Gasteiger partial charge in [-0.2, -0.15) is 0 Å². The van der Waals surface area contributed by atoms with E-state index in [2.05, 4.69) is 23.7 Å². The van der Waals surface area contributed by atoms with Crippen LogP contribution in [0.5, 0.6) is 0 Å². The van der Waals surface area contributed by atoms with E-state index in [0.717, 1.165) is 38.5 Å². The van der Waals surface area contributed by atoms with Crippen LogP contribution in [0.3, 0.4) is 0 Å². The fourth-order valence-electron chi connectivity index (χ4n) is 2.95. The van der Waals surface area contributed by atoms with Crippen LogP contribution >= 0.6 is 0 Å². The summed E-state index contributed by atoms with van der Waals surface area (Å²) in [5, 5.41) is 8.53. The summed E-state index contributed by atoms with van der Waals surface area (Å²) in [7, 11) is 0. The van der Waals surface area contributed by atoms with Gasteiger partial charge in [-0.25, -0.2) is 0 Å². The second-order valence-corrected chi connectivity index (χ2v) is 6.23. The van der Waals surface area contributed by atoms with Gasteiger partial charge in [-0.3, -0.25) is 9.59 Å². The fraction of sp³-hybridized carbons (Fsp3) is 0.391. The summed E-state index contributed by atoms with van der Waals surface area (Å²) in [4.78, 5) is 25.0. The van der Waals surface area contributed by atoms with Crippen molar-refractivity contribution in [2.45, 2.75) is 51.9 Å². The van der Waals surface area contributed by atoms with Crippen LogP contribution in [0.4, 0.5) is 0 Å². The highest BCUT2D eigenvalue weighted by Crippen LogP contribution is 2.28. The molecule has 0 saturated heterocycles. The minimum Gasteiger partial charge on any atom is -0.384 e. The van der Waals surface area contributed by atoms with Crippen molar-refractivity contribution in [1.82, 2.24) is 0 Å². The lowest BCUT2D eigenvalue weighted by Gasteiger charge is -2.18. The maximum Gasteiger partial charge on any atom is 0.190 e. The number of benzene rings is 1. The highest BCUT2D eigenvalue weighted by Gasteiger charge is 2.28. The third kappa shape index (κ3) is 5.19. The largest absolute Gasteiger partial charge is 0.384 e. The van der Waals surface area contributed by atoms with Crippen molar-refractivity contribution < 1.29 is 14.7 Å². The molecule has 0 fully saturated rings. The van der Waals surface area contributed by atoms with Gasteiger partial charge >= 0.3 is 0 Å². The van der Waals surface area contributed by atoms with Gasteiger partial charge < -0.3 is 5.11 Å². The van der Waals surface area contributed by atoms with Crippen LogP contribution in [0, 0.1) is 23.7 Å². The summed E-state index contributed by atoms with van der Waals surface area (Å²) in [6, 6.07) is 7.05. The van der Waals surface area contributed by atoms with Gasteiger partial charge in [0, 0.05) is 41.5 Å². The third-order valence-electron chi connectivity index (χ3n) is 4.39. The topological polar surface area (TPSA) is 54.4 Å². The van der Waals surface area contributed by atoms with Crippen molar-refractivity contribution in [2.24, 2.45) is 0 Å². The van der Waals surface area contributed by atoms with Crippen LogP contribution in [0.2, 0.25) is 0 Å². The Hall–Kier alpha value is -2.62. The minimum absolute atomic E-state index is 0.00669. The van der Waals surface area contributed by atoms with Gasteiger partial charge in [-0.1, -0.05) is 30.2 Å². The van der Waals surface area contributed by atoms with Crippen LogP contribution in [-0.4, -0.2) is 23.3 Å². The van der Waals surface area contributed by atoms with E-state index >= 15 is 0 Å². The van der Waals surface area contributed by atoms with Crippen LogP contribution in [-0.2, 0) is 0 Å². The normalized spacial score (nSPS) is 12.8. The third-order valence-corrected chi connectivity index (χ3v) is 4.39. The quantitative estimate of drug-likeness (QED) is 0.622. The number of carbonyl (C=O) groups excluding carboxylic acids is 2. The number of aliphatic hydroxyl groups is 1. The van der Waals surface area contributed by atoms with Gasteiger partial charge in [0.05, 0.1) is 0 Å². The molecular formula is C23H24O3. The van der Waals surface area contributed by atoms with E-state index in [4.69, 9.17) is 5.11 Å². The first-order chi connectivity index (χ1) is 12.7. The lowest BCUT2D eigenvalue weighted by Crippen LogP contribution is -2.20. The molecule has 0 aliphatic heterocycles. The van der Waals surface area contributed by atoms with Gasteiger partial charge in [0.1, 0.15) is 6.61 Å². The lowest BCUT2D eigenvalue weighted by atomic mass is 9.83. The lowest BCUT2D eigenvalue weighted by molar-refractivity contribution is 0.0971. The van der Waals surface area contributed by atoms with Crippen molar-refractivity contribution in [3.8, 4) is 23.7 Å². The molecule has 3 nitrogen and oxygen atoms in total. The predicted molar refractivity (Wildman–Crippen MR) is 103 cm³/mol. The molecule has 0 saturated carbocycles. The standard InChI is InChI=1S/C23H24O3/c1-18-19(23(26)21-16-12-11-15-20(21)22(18)25)14-10-8-6-4-2-3-5-7-9-13-17-24/h11-12,15-16,24H,3,5-8,10,14,17H2,1H3. The first kappa shape index (κ1) is 19.7. The maximum atomic E-state index is 12.6. The van der Waals surface area contributed by atoms with Gasteiger partial charge in [0.25, 0.3) is 0 Å². The van der Waals surface area contributed by atoms with Crippen molar-refractivity contribution in [3.05, 3.63) is 46.5 Å². The zero-order valence-corrected chi connectivity index (χ0v) is 15.2. The van der Waals surface area contributed by atoms with E-state index in [1.165, 1.54) is 0 Å². The summed E-state index contributed by atoms with van der Waals surface area (Å²) in [6.45, 7) is 1.67. The molecule has 1 aromatic carbocycles. The molecule has 0 heterocycles. The van der Waals surface area contributed by atoms with Crippen molar-refractivity contribution in [1.29, 1.82) is 0 Å². The number of hydrogen-bond donors (Lipinski definition) is 1. The van der Waals surface area contributed by atoms with Crippen LogP contribution in [0.25, 0.3) is 0 Å². The number of Topliss-reactive ketones (excluding diaryl/α,β-unsaturated/α-hetero) is 2. The zero-order valence-electron chi connectivity index (χ0n) is 15.2. The molecule has 3 heteroatoms. The van der Waals surface area contributed by atoms with Gasteiger partial charge in [0.15, 0.2) is 11.6 Å². The second-order valence-electron chi connectivity index (χ2n) is 6.23. The van der Waals surface area contributed by atoms with Gasteiger partial charge in [-0.15, -0.1) is 17.8 Å². The van der Waals surface area contributed by atoms with Gasteiger partial charge in [-0.05, 0) is 32.6 Å². The minimum atomic E-state index is -0.0821. The Morgan fingerprint density at radius 3 is 2.04 bits per heavy atom. The Morgan fingerprint density at radius 2 is 1.38 bits per heavy atom. The Kier molecular flexibility index (Phi) is 7.87. The van der Waals surface area contributed by atoms with Crippen LogP contribution < -0.4 is 0 Å². The number of rotatable bonds is 6. The zero-order chi connectivity index (χ0) is 18.8. The number of unbranched alkanes of at least 4 members (excludes halogenated alkanes) is 4. The summed E-state index contributed by atoms with van der Waals surface area (Å²) in [5.41, 5.74) is 2.29. The predicted octanol–water partition coefficient (Wildman–Crippen LogP) is 4.11.